The number of amides is 2. The number of carbonyl (C=O) groups excluding carboxylic acids is 2. The Kier molecular flexibility index (Phi) is 5.68. The van der Waals surface area contributed by atoms with E-state index in [1.54, 1.807) is 30.5 Å². The summed E-state index contributed by atoms with van der Waals surface area (Å²) in [4.78, 5) is 28.0. The van der Waals surface area contributed by atoms with Gasteiger partial charge in [0.2, 0.25) is 5.91 Å². The van der Waals surface area contributed by atoms with E-state index in [1.165, 1.54) is 6.92 Å². The molecule has 0 spiro atoms. The van der Waals surface area contributed by atoms with Crippen molar-refractivity contribution < 1.29 is 9.59 Å². The van der Waals surface area contributed by atoms with Crippen LogP contribution in [0.3, 0.4) is 0 Å². The van der Waals surface area contributed by atoms with Crippen LogP contribution >= 0.6 is 0 Å². The van der Waals surface area contributed by atoms with Crippen molar-refractivity contribution in [2.75, 3.05) is 5.32 Å². The summed E-state index contributed by atoms with van der Waals surface area (Å²) in [6.45, 7) is 7.55. The first kappa shape index (κ1) is 17.7. The molecule has 0 aliphatic carbocycles. The molecule has 0 saturated heterocycles. The second-order valence-electron chi connectivity index (χ2n) is 6.16. The van der Waals surface area contributed by atoms with Gasteiger partial charge in [-0.15, -0.1) is 0 Å². The lowest BCUT2D eigenvalue weighted by Crippen LogP contribution is -2.32. The average molecular weight is 325 g/mol. The van der Waals surface area contributed by atoms with Crippen molar-refractivity contribution in [2.24, 2.45) is 5.92 Å². The highest BCUT2D eigenvalue weighted by molar-refractivity contribution is 5.95. The molecule has 1 atom stereocenters. The first-order valence-electron chi connectivity index (χ1n) is 7.98. The van der Waals surface area contributed by atoms with Crippen LogP contribution in [0.25, 0.3) is 0 Å². The molecule has 5 nitrogen and oxygen atoms in total. The Bertz CT molecular complexity index is 724. The van der Waals surface area contributed by atoms with Crippen LogP contribution in [-0.4, -0.2) is 16.8 Å². The number of nitrogens with zero attached hydrogens (tertiary/aromatic N) is 1. The molecule has 24 heavy (non-hydrogen) atoms. The minimum absolute atomic E-state index is 0.141. The van der Waals surface area contributed by atoms with E-state index in [0.717, 1.165) is 11.3 Å². The zero-order chi connectivity index (χ0) is 17.7. The maximum atomic E-state index is 12.6. The molecular weight excluding hydrogens is 302 g/mol. The number of anilines is 1. The lowest BCUT2D eigenvalue weighted by molar-refractivity contribution is -0.114. The monoisotopic (exact) mass is 325 g/mol. The molecule has 0 aliphatic heterocycles. The number of aryl methyl sites for hydroxylation is 1. The molecule has 5 heteroatoms. The van der Waals surface area contributed by atoms with Crippen LogP contribution in [0.4, 0.5) is 5.69 Å². The van der Waals surface area contributed by atoms with Crippen molar-refractivity contribution in [3.63, 3.8) is 0 Å². The fraction of sp³-hybridized carbons (Fsp3) is 0.316. The van der Waals surface area contributed by atoms with Gasteiger partial charge < -0.3 is 10.6 Å². The van der Waals surface area contributed by atoms with Gasteiger partial charge in [-0.05, 0) is 48.7 Å². The smallest absolute Gasteiger partial charge is 0.251 e. The molecule has 1 heterocycles. The first-order chi connectivity index (χ1) is 11.4. The number of nitrogens with one attached hydrogen (secondary N) is 2. The van der Waals surface area contributed by atoms with Crippen molar-refractivity contribution >= 4 is 17.5 Å². The summed E-state index contributed by atoms with van der Waals surface area (Å²) < 4.78 is 0. The molecule has 2 amide bonds. The summed E-state index contributed by atoms with van der Waals surface area (Å²) in [6.07, 6.45) is 1.74. The topological polar surface area (TPSA) is 71.1 Å². The third kappa shape index (κ3) is 4.41. The predicted molar refractivity (Wildman–Crippen MR) is 94.8 cm³/mol. The van der Waals surface area contributed by atoms with E-state index in [0.29, 0.717) is 11.3 Å². The molecule has 2 N–H and O–H groups in total. The highest BCUT2D eigenvalue weighted by atomic mass is 16.2. The van der Waals surface area contributed by atoms with Crippen LogP contribution in [0.5, 0.6) is 0 Å². The second kappa shape index (κ2) is 7.73. The normalized spacial score (nSPS) is 11.9. The van der Waals surface area contributed by atoms with Crippen LogP contribution in [0.1, 0.15) is 48.4 Å². The highest BCUT2D eigenvalue weighted by Crippen LogP contribution is 2.23. The maximum Gasteiger partial charge on any atom is 0.251 e. The molecule has 0 bridgehead atoms. The van der Waals surface area contributed by atoms with Crippen LogP contribution in [0, 0.1) is 12.8 Å². The van der Waals surface area contributed by atoms with E-state index in [2.05, 4.69) is 29.5 Å². The fourth-order valence-corrected chi connectivity index (χ4v) is 2.51. The lowest BCUT2D eigenvalue weighted by Gasteiger charge is -2.23. The second-order valence-corrected chi connectivity index (χ2v) is 6.16. The average Bonchev–Trinajstić information content (AvgIpc) is 2.53. The van der Waals surface area contributed by atoms with Gasteiger partial charge in [0.05, 0.1) is 11.7 Å². The van der Waals surface area contributed by atoms with Crippen LogP contribution < -0.4 is 10.6 Å². The van der Waals surface area contributed by atoms with Gasteiger partial charge in [0.15, 0.2) is 0 Å². The van der Waals surface area contributed by atoms with E-state index in [1.807, 2.05) is 19.1 Å². The van der Waals surface area contributed by atoms with Gasteiger partial charge in [0, 0.05) is 24.4 Å². The molecule has 1 unspecified atom stereocenters. The third-order valence-electron chi connectivity index (χ3n) is 3.77. The summed E-state index contributed by atoms with van der Waals surface area (Å²) in [5, 5.41) is 5.74. The SMILES string of the molecule is CC(=O)Nc1ccc(C(=O)NC(c2ncccc2C)C(C)C)cc1. The minimum Gasteiger partial charge on any atom is -0.343 e. The molecule has 2 aromatic rings. The predicted octanol–water partition coefficient (Wildman–Crippen LogP) is 3.48. The molecule has 0 fully saturated rings. The molecule has 0 radical (unpaired) electrons. The zero-order valence-electron chi connectivity index (χ0n) is 14.5. The van der Waals surface area contributed by atoms with Crippen molar-refractivity contribution in [3.8, 4) is 0 Å². The van der Waals surface area contributed by atoms with Crippen molar-refractivity contribution in [3.05, 3.63) is 59.4 Å². The molecule has 1 aromatic carbocycles. The molecular formula is C19H23N3O2. The first-order valence-corrected chi connectivity index (χ1v) is 7.98. The highest BCUT2D eigenvalue weighted by Gasteiger charge is 2.21. The Balaban J connectivity index is 2.16. The minimum atomic E-state index is -0.159. The van der Waals surface area contributed by atoms with E-state index in [4.69, 9.17) is 0 Å². The number of carbonyl (C=O) groups is 2. The van der Waals surface area contributed by atoms with Crippen molar-refractivity contribution in [1.82, 2.24) is 10.3 Å². The Labute approximate surface area is 142 Å². The van der Waals surface area contributed by atoms with E-state index in [9.17, 15) is 9.59 Å². The standard InChI is InChI=1S/C19H23N3O2/c1-12(2)17(18-13(3)6-5-11-20-18)22-19(24)15-7-9-16(10-8-15)21-14(4)23/h5-12,17H,1-4H3,(H,21,23)(H,22,24). The summed E-state index contributed by atoms with van der Waals surface area (Å²) in [5.41, 5.74) is 3.15. The third-order valence-corrected chi connectivity index (χ3v) is 3.77. The summed E-state index contributed by atoms with van der Waals surface area (Å²) in [7, 11) is 0. The van der Waals surface area contributed by atoms with Gasteiger partial charge >= 0.3 is 0 Å². The molecule has 126 valence electrons. The Morgan fingerprint density at radius 1 is 1.08 bits per heavy atom. The number of rotatable bonds is 5. The van der Waals surface area contributed by atoms with Crippen LogP contribution in [-0.2, 0) is 4.79 Å². The van der Waals surface area contributed by atoms with Gasteiger partial charge in [-0.3, -0.25) is 14.6 Å². The van der Waals surface area contributed by atoms with Crippen molar-refractivity contribution in [1.29, 1.82) is 0 Å². The van der Waals surface area contributed by atoms with E-state index >= 15 is 0 Å². The zero-order valence-corrected chi connectivity index (χ0v) is 14.5. The summed E-state index contributed by atoms with van der Waals surface area (Å²) >= 11 is 0. The molecule has 1 aromatic heterocycles. The number of hydrogen-bond acceptors (Lipinski definition) is 3. The molecule has 2 rings (SSSR count). The fourth-order valence-electron chi connectivity index (χ4n) is 2.51. The van der Waals surface area contributed by atoms with Gasteiger partial charge in [-0.25, -0.2) is 0 Å². The van der Waals surface area contributed by atoms with Crippen molar-refractivity contribution in [2.45, 2.75) is 33.7 Å². The number of benzene rings is 1. The van der Waals surface area contributed by atoms with Gasteiger partial charge in [-0.2, -0.15) is 0 Å². The Morgan fingerprint density at radius 2 is 1.75 bits per heavy atom. The van der Waals surface area contributed by atoms with E-state index in [-0.39, 0.29) is 23.8 Å². The summed E-state index contributed by atoms with van der Waals surface area (Å²) in [5.74, 6) is -0.0907. The summed E-state index contributed by atoms with van der Waals surface area (Å²) in [6, 6.07) is 10.5. The number of aromatic nitrogens is 1. The number of pyridine rings is 1. The van der Waals surface area contributed by atoms with Crippen LogP contribution in [0.15, 0.2) is 42.6 Å². The van der Waals surface area contributed by atoms with E-state index < -0.39 is 0 Å². The van der Waals surface area contributed by atoms with Gasteiger partial charge in [-0.1, -0.05) is 19.9 Å². The Morgan fingerprint density at radius 3 is 2.29 bits per heavy atom. The number of hydrogen-bond donors (Lipinski definition) is 2. The maximum absolute atomic E-state index is 12.6. The lowest BCUT2D eigenvalue weighted by atomic mass is 9.97. The Hall–Kier alpha value is -2.69. The quantitative estimate of drug-likeness (QED) is 0.884. The van der Waals surface area contributed by atoms with Crippen LogP contribution in [0.2, 0.25) is 0 Å². The van der Waals surface area contributed by atoms with Gasteiger partial charge in [0.1, 0.15) is 0 Å². The molecule has 0 saturated carbocycles. The van der Waals surface area contributed by atoms with Gasteiger partial charge in [0.25, 0.3) is 5.91 Å². The largest absolute Gasteiger partial charge is 0.343 e. The molecule has 0 aliphatic rings.